The van der Waals surface area contributed by atoms with Gasteiger partial charge in [0.15, 0.2) is 0 Å². The van der Waals surface area contributed by atoms with E-state index < -0.39 is 21.7 Å². The molecule has 1 aliphatic heterocycles. The molecule has 2 aromatic rings. The minimum atomic E-state index is -3.73. The van der Waals surface area contributed by atoms with E-state index in [4.69, 9.17) is 0 Å². The molecule has 5 nitrogen and oxygen atoms in total. The van der Waals surface area contributed by atoms with Gasteiger partial charge in [-0.05, 0) is 61.6 Å². The molecule has 1 heterocycles. The number of nitrogens with zero attached hydrogens (tertiary/aromatic N) is 1. The lowest BCUT2D eigenvalue weighted by Gasteiger charge is -2.32. The van der Waals surface area contributed by atoms with Gasteiger partial charge in [-0.2, -0.15) is 0 Å². The summed E-state index contributed by atoms with van der Waals surface area (Å²) < 4.78 is 54.5. The summed E-state index contributed by atoms with van der Waals surface area (Å²) in [5, 5.41) is 0. The fourth-order valence-corrected chi connectivity index (χ4v) is 4.71. The van der Waals surface area contributed by atoms with Crippen molar-refractivity contribution in [1.29, 1.82) is 0 Å². The van der Waals surface area contributed by atoms with Gasteiger partial charge in [-0.1, -0.05) is 12.1 Å². The van der Waals surface area contributed by atoms with Crippen molar-refractivity contribution < 1.29 is 22.0 Å². The molecule has 1 aliphatic rings. The largest absolute Gasteiger partial charge is 0.339 e. The number of rotatable bonds is 5. The topological polar surface area (TPSA) is 66.5 Å². The van der Waals surface area contributed by atoms with Crippen LogP contribution in [-0.2, 0) is 10.0 Å². The Balaban J connectivity index is 1.56. The van der Waals surface area contributed by atoms with Crippen LogP contribution >= 0.6 is 0 Å². The Morgan fingerprint density at radius 2 is 1.82 bits per heavy atom. The highest BCUT2D eigenvalue weighted by Gasteiger charge is 2.26. The van der Waals surface area contributed by atoms with Crippen molar-refractivity contribution in [1.82, 2.24) is 9.62 Å². The summed E-state index contributed by atoms with van der Waals surface area (Å²) in [7, 11) is -3.73. The van der Waals surface area contributed by atoms with Gasteiger partial charge in [0.1, 0.15) is 11.6 Å². The van der Waals surface area contributed by atoms with Gasteiger partial charge in [0, 0.05) is 19.6 Å². The summed E-state index contributed by atoms with van der Waals surface area (Å²) in [6.45, 7) is 2.66. The molecule has 0 radical (unpaired) electrons. The van der Waals surface area contributed by atoms with Gasteiger partial charge in [-0.25, -0.2) is 21.9 Å². The number of hydrogen-bond acceptors (Lipinski definition) is 3. The number of piperidine rings is 1. The van der Waals surface area contributed by atoms with Crippen LogP contribution in [0.3, 0.4) is 0 Å². The molecule has 0 aromatic heterocycles. The van der Waals surface area contributed by atoms with E-state index in [0.29, 0.717) is 31.5 Å². The van der Waals surface area contributed by atoms with Crippen molar-refractivity contribution in [3.05, 3.63) is 65.2 Å². The number of aryl methyl sites for hydroxylation is 1. The molecular weight excluding hydrogens is 386 g/mol. The van der Waals surface area contributed by atoms with Gasteiger partial charge >= 0.3 is 0 Å². The zero-order chi connectivity index (χ0) is 20.3. The SMILES string of the molecule is Cc1cc(F)ccc1S(=O)(=O)NCC1CCN(C(=O)c2ccccc2F)CC1. The van der Waals surface area contributed by atoms with Crippen LogP contribution in [0.25, 0.3) is 0 Å². The number of carbonyl (C=O) groups excluding carboxylic acids is 1. The third-order valence-electron chi connectivity index (χ3n) is 4.99. The zero-order valence-corrected chi connectivity index (χ0v) is 16.3. The molecule has 1 fully saturated rings. The second-order valence-corrected chi connectivity index (χ2v) is 8.71. The standard InChI is InChI=1S/C20H22F2N2O3S/c1-14-12-16(21)6-7-19(14)28(26,27)23-13-15-8-10-24(11-9-15)20(25)17-4-2-3-5-18(17)22/h2-7,12,15,23H,8-11,13H2,1H3. The van der Waals surface area contributed by atoms with Gasteiger partial charge in [0.05, 0.1) is 10.5 Å². The summed E-state index contributed by atoms with van der Waals surface area (Å²) in [4.78, 5) is 14.1. The Hall–Kier alpha value is -2.32. The van der Waals surface area contributed by atoms with Crippen LogP contribution in [0.15, 0.2) is 47.4 Å². The molecule has 0 bridgehead atoms. The Labute approximate surface area is 163 Å². The van der Waals surface area contributed by atoms with Crippen molar-refractivity contribution in [3.63, 3.8) is 0 Å². The first-order chi connectivity index (χ1) is 13.3. The van der Waals surface area contributed by atoms with Crippen LogP contribution in [0.2, 0.25) is 0 Å². The lowest BCUT2D eigenvalue weighted by molar-refractivity contribution is 0.0687. The van der Waals surface area contributed by atoms with E-state index in [1.807, 2.05) is 0 Å². The summed E-state index contributed by atoms with van der Waals surface area (Å²) >= 11 is 0. The lowest BCUT2D eigenvalue weighted by Crippen LogP contribution is -2.41. The molecule has 28 heavy (non-hydrogen) atoms. The van der Waals surface area contributed by atoms with Crippen LogP contribution < -0.4 is 4.72 Å². The summed E-state index contributed by atoms with van der Waals surface area (Å²) in [6, 6.07) is 9.43. The Kier molecular flexibility index (Phi) is 6.10. The van der Waals surface area contributed by atoms with E-state index in [0.717, 1.165) is 6.07 Å². The Morgan fingerprint density at radius 3 is 2.46 bits per heavy atom. The van der Waals surface area contributed by atoms with Crippen LogP contribution in [-0.4, -0.2) is 38.9 Å². The molecule has 150 valence electrons. The molecule has 3 rings (SSSR count). The van der Waals surface area contributed by atoms with Crippen LogP contribution in [0, 0.1) is 24.5 Å². The van der Waals surface area contributed by atoms with Crippen molar-refractivity contribution in [3.8, 4) is 0 Å². The Bertz CT molecular complexity index is 971. The van der Waals surface area contributed by atoms with Crippen molar-refractivity contribution in [2.75, 3.05) is 19.6 Å². The average molecular weight is 408 g/mol. The number of likely N-dealkylation sites (tertiary alicyclic amines) is 1. The molecule has 0 unspecified atom stereocenters. The highest BCUT2D eigenvalue weighted by Crippen LogP contribution is 2.21. The molecule has 8 heteroatoms. The first-order valence-corrected chi connectivity index (χ1v) is 10.6. The van der Waals surface area contributed by atoms with Crippen molar-refractivity contribution in [2.24, 2.45) is 5.92 Å². The maximum atomic E-state index is 13.8. The summed E-state index contributed by atoms with van der Waals surface area (Å²) in [5.41, 5.74) is 0.395. The fraction of sp³-hybridized carbons (Fsp3) is 0.350. The predicted octanol–water partition coefficient (Wildman–Crippen LogP) is 3.10. The van der Waals surface area contributed by atoms with Gasteiger partial charge in [0.25, 0.3) is 5.91 Å². The number of halogens is 2. The number of nitrogens with one attached hydrogen (secondary N) is 1. The third kappa shape index (κ3) is 4.56. The van der Waals surface area contributed by atoms with Crippen LogP contribution in [0.5, 0.6) is 0 Å². The van der Waals surface area contributed by atoms with Crippen LogP contribution in [0.4, 0.5) is 8.78 Å². The number of sulfonamides is 1. The van der Waals surface area contributed by atoms with E-state index in [1.165, 1.54) is 30.3 Å². The molecule has 2 aromatic carbocycles. The van der Waals surface area contributed by atoms with Crippen LogP contribution in [0.1, 0.15) is 28.8 Å². The molecule has 0 spiro atoms. The minimum Gasteiger partial charge on any atom is -0.339 e. The number of carbonyl (C=O) groups is 1. The minimum absolute atomic E-state index is 0.0495. The molecule has 1 N–H and O–H groups in total. The molecule has 1 saturated heterocycles. The summed E-state index contributed by atoms with van der Waals surface area (Å²) in [5.74, 6) is -1.31. The van der Waals surface area contributed by atoms with Crippen molar-refractivity contribution >= 4 is 15.9 Å². The fourth-order valence-electron chi connectivity index (χ4n) is 3.36. The summed E-state index contributed by atoms with van der Waals surface area (Å²) in [6.07, 6.45) is 1.23. The van der Waals surface area contributed by atoms with E-state index in [2.05, 4.69) is 4.72 Å². The quantitative estimate of drug-likeness (QED) is 0.827. The van der Waals surface area contributed by atoms with E-state index in [1.54, 1.807) is 17.9 Å². The normalized spacial score (nSPS) is 15.6. The second kappa shape index (κ2) is 8.36. The number of amides is 1. The predicted molar refractivity (Wildman–Crippen MR) is 101 cm³/mol. The lowest BCUT2D eigenvalue weighted by atomic mass is 9.96. The maximum absolute atomic E-state index is 13.8. The zero-order valence-electron chi connectivity index (χ0n) is 15.5. The first kappa shape index (κ1) is 20.4. The Morgan fingerprint density at radius 1 is 1.14 bits per heavy atom. The van der Waals surface area contributed by atoms with Gasteiger partial charge < -0.3 is 4.90 Å². The highest BCUT2D eigenvalue weighted by molar-refractivity contribution is 7.89. The second-order valence-electron chi connectivity index (χ2n) is 6.98. The smallest absolute Gasteiger partial charge is 0.256 e. The monoisotopic (exact) mass is 408 g/mol. The van der Waals surface area contributed by atoms with Gasteiger partial charge in [0.2, 0.25) is 10.0 Å². The average Bonchev–Trinajstić information content (AvgIpc) is 2.66. The molecule has 0 saturated carbocycles. The van der Waals surface area contributed by atoms with Gasteiger partial charge in [-0.3, -0.25) is 4.79 Å². The first-order valence-electron chi connectivity index (χ1n) is 9.07. The number of benzene rings is 2. The van der Waals surface area contributed by atoms with E-state index in [9.17, 15) is 22.0 Å². The van der Waals surface area contributed by atoms with E-state index in [-0.39, 0.29) is 28.8 Å². The molecule has 0 aliphatic carbocycles. The van der Waals surface area contributed by atoms with E-state index >= 15 is 0 Å². The molecular formula is C20H22F2N2O3S. The third-order valence-corrected chi connectivity index (χ3v) is 6.58. The molecule has 0 atom stereocenters. The molecule has 1 amide bonds. The van der Waals surface area contributed by atoms with Crippen molar-refractivity contribution in [2.45, 2.75) is 24.7 Å². The highest BCUT2D eigenvalue weighted by atomic mass is 32.2. The number of hydrogen-bond donors (Lipinski definition) is 1. The maximum Gasteiger partial charge on any atom is 0.256 e. The van der Waals surface area contributed by atoms with Gasteiger partial charge in [-0.15, -0.1) is 0 Å².